The van der Waals surface area contributed by atoms with Crippen LogP contribution in [-0.2, 0) is 22.4 Å². The van der Waals surface area contributed by atoms with Crippen molar-refractivity contribution in [2.75, 3.05) is 24.7 Å². The summed E-state index contributed by atoms with van der Waals surface area (Å²) in [4.78, 5) is 14.7. The van der Waals surface area contributed by atoms with Gasteiger partial charge in [-0.1, -0.05) is 30.3 Å². The van der Waals surface area contributed by atoms with Gasteiger partial charge in [0.2, 0.25) is 0 Å². The molecule has 1 N–H and O–H groups in total. The van der Waals surface area contributed by atoms with Gasteiger partial charge in [0, 0.05) is 31.6 Å². The summed E-state index contributed by atoms with van der Waals surface area (Å²) in [7, 11) is 0. The summed E-state index contributed by atoms with van der Waals surface area (Å²) in [6.45, 7) is 2.71. The summed E-state index contributed by atoms with van der Waals surface area (Å²) in [5.41, 5.74) is 4.02. The molecule has 2 aromatic carbocycles. The van der Waals surface area contributed by atoms with Gasteiger partial charge < -0.3 is 19.7 Å². The number of benzene rings is 2. The number of rotatable bonds is 4. The zero-order valence-corrected chi connectivity index (χ0v) is 16.3. The Kier molecular flexibility index (Phi) is 5.97. The first kappa shape index (κ1) is 19.3. The van der Waals surface area contributed by atoms with E-state index in [0.717, 1.165) is 30.6 Å². The molecule has 0 bridgehead atoms. The van der Waals surface area contributed by atoms with Crippen molar-refractivity contribution in [2.45, 2.75) is 38.0 Å². The van der Waals surface area contributed by atoms with Crippen LogP contribution in [0.5, 0.6) is 0 Å². The highest BCUT2D eigenvalue weighted by atomic mass is 16.6. The fourth-order valence-corrected chi connectivity index (χ4v) is 4.02. The van der Waals surface area contributed by atoms with Gasteiger partial charge >= 0.3 is 6.09 Å². The molecule has 0 aromatic heterocycles. The normalized spacial score (nSPS) is 19.1. The standard InChI is InChI=1S/C23H25N3O3/c24-14-18-6-7-22-19(12-18)13-20(16-26(22)15-17-4-2-1-3-5-17)25-23(27)29-21-8-10-28-11-9-21/h1-7,12,20-21H,8-11,13,15-16H2,(H,25,27)/t20-/m0/s1. The average molecular weight is 391 g/mol. The number of nitrogens with one attached hydrogen (secondary N) is 1. The second-order valence-corrected chi connectivity index (χ2v) is 7.58. The Bertz CT molecular complexity index is 888. The number of hydrogen-bond donors (Lipinski definition) is 1. The van der Waals surface area contributed by atoms with E-state index in [-0.39, 0.29) is 18.2 Å². The SMILES string of the molecule is N#Cc1ccc2c(c1)C[C@H](NC(=O)OC1CCOCC1)CN2Cc1ccccc1. The predicted octanol–water partition coefficient (Wildman–Crippen LogP) is 3.39. The molecule has 0 saturated carbocycles. The molecule has 6 nitrogen and oxygen atoms in total. The number of anilines is 1. The Morgan fingerprint density at radius 1 is 1.21 bits per heavy atom. The van der Waals surface area contributed by atoms with E-state index < -0.39 is 0 Å². The lowest BCUT2D eigenvalue weighted by Crippen LogP contribution is -2.49. The second kappa shape index (κ2) is 8.97. The van der Waals surface area contributed by atoms with E-state index in [1.165, 1.54) is 5.56 Å². The van der Waals surface area contributed by atoms with Crippen LogP contribution < -0.4 is 10.2 Å². The Morgan fingerprint density at radius 3 is 2.76 bits per heavy atom. The molecule has 2 aromatic rings. The minimum Gasteiger partial charge on any atom is -0.446 e. The molecular weight excluding hydrogens is 366 g/mol. The molecule has 29 heavy (non-hydrogen) atoms. The molecule has 2 aliphatic heterocycles. The van der Waals surface area contributed by atoms with Crippen molar-refractivity contribution in [1.29, 1.82) is 5.26 Å². The van der Waals surface area contributed by atoms with E-state index in [2.05, 4.69) is 28.4 Å². The smallest absolute Gasteiger partial charge is 0.407 e. The first-order valence-electron chi connectivity index (χ1n) is 10.1. The minimum atomic E-state index is -0.374. The van der Waals surface area contributed by atoms with Crippen molar-refractivity contribution in [2.24, 2.45) is 0 Å². The molecule has 0 radical (unpaired) electrons. The van der Waals surface area contributed by atoms with E-state index in [0.29, 0.717) is 31.7 Å². The van der Waals surface area contributed by atoms with E-state index in [4.69, 9.17) is 9.47 Å². The first-order valence-corrected chi connectivity index (χ1v) is 10.1. The zero-order chi connectivity index (χ0) is 20.1. The van der Waals surface area contributed by atoms with Crippen LogP contribution >= 0.6 is 0 Å². The highest BCUT2D eigenvalue weighted by Gasteiger charge is 2.27. The van der Waals surface area contributed by atoms with Gasteiger partial charge in [-0.05, 0) is 35.7 Å². The van der Waals surface area contributed by atoms with Crippen LogP contribution in [0.15, 0.2) is 48.5 Å². The van der Waals surface area contributed by atoms with Crippen molar-refractivity contribution in [1.82, 2.24) is 5.32 Å². The third kappa shape index (κ3) is 4.87. The summed E-state index contributed by atoms with van der Waals surface area (Å²) >= 11 is 0. The van der Waals surface area contributed by atoms with Crippen LogP contribution in [0.1, 0.15) is 29.5 Å². The molecule has 0 spiro atoms. The van der Waals surface area contributed by atoms with E-state index >= 15 is 0 Å². The van der Waals surface area contributed by atoms with Crippen LogP contribution in [0, 0.1) is 11.3 Å². The molecular formula is C23H25N3O3. The van der Waals surface area contributed by atoms with Gasteiger partial charge in [-0.2, -0.15) is 5.26 Å². The van der Waals surface area contributed by atoms with E-state index in [1.807, 2.05) is 36.4 Å². The summed E-state index contributed by atoms with van der Waals surface area (Å²) in [5.74, 6) is 0. The number of hydrogen-bond acceptors (Lipinski definition) is 5. The predicted molar refractivity (Wildman–Crippen MR) is 110 cm³/mol. The Morgan fingerprint density at radius 2 is 2.00 bits per heavy atom. The number of nitriles is 1. The third-order valence-electron chi connectivity index (χ3n) is 5.44. The maximum Gasteiger partial charge on any atom is 0.407 e. The lowest BCUT2D eigenvalue weighted by molar-refractivity contribution is 0.000840. The van der Waals surface area contributed by atoms with Gasteiger partial charge in [-0.3, -0.25) is 0 Å². The van der Waals surface area contributed by atoms with Gasteiger partial charge in [0.15, 0.2) is 0 Å². The third-order valence-corrected chi connectivity index (χ3v) is 5.44. The zero-order valence-electron chi connectivity index (χ0n) is 16.3. The van der Waals surface area contributed by atoms with Gasteiger partial charge in [0.1, 0.15) is 6.10 Å². The molecule has 1 amide bonds. The second-order valence-electron chi connectivity index (χ2n) is 7.58. The Balaban J connectivity index is 1.48. The van der Waals surface area contributed by atoms with Crippen LogP contribution in [0.2, 0.25) is 0 Å². The molecule has 6 heteroatoms. The molecule has 1 fully saturated rings. The summed E-state index contributed by atoms with van der Waals surface area (Å²) in [6.07, 6.45) is 1.71. The number of alkyl carbamates (subject to hydrolysis) is 1. The molecule has 0 aliphatic carbocycles. The highest BCUT2D eigenvalue weighted by molar-refractivity contribution is 5.69. The Labute approximate surface area is 171 Å². The number of carbonyl (C=O) groups is 1. The number of amides is 1. The van der Waals surface area contributed by atoms with Gasteiger partial charge in [0.05, 0.1) is 30.9 Å². The summed E-state index contributed by atoms with van der Waals surface area (Å²) < 4.78 is 10.9. The fraction of sp³-hybridized carbons (Fsp3) is 0.391. The van der Waals surface area contributed by atoms with Gasteiger partial charge in [0.25, 0.3) is 0 Å². The van der Waals surface area contributed by atoms with Crippen molar-refractivity contribution in [3.05, 3.63) is 65.2 Å². The lowest BCUT2D eigenvalue weighted by Gasteiger charge is -2.36. The number of nitrogens with zero attached hydrogens (tertiary/aromatic N) is 2. The monoisotopic (exact) mass is 391 g/mol. The maximum absolute atomic E-state index is 12.4. The van der Waals surface area contributed by atoms with Crippen molar-refractivity contribution < 1.29 is 14.3 Å². The Hall–Kier alpha value is -3.04. The summed E-state index contributed by atoms with van der Waals surface area (Å²) in [5, 5.41) is 12.3. The van der Waals surface area contributed by atoms with E-state index in [9.17, 15) is 10.1 Å². The van der Waals surface area contributed by atoms with Crippen LogP contribution in [0.3, 0.4) is 0 Å². The molecule has 150 valence electrons. The maximum atomic E-state index is 12.4. The molecule has 2 aliphatic rings. The largest absolute Gasteiger partial charge is 0.446 e. The van der Waals surface area contributed by atoms with Crippen LogP contribution in [0.25, 0.3) is 0 Å². The average Bonchev–Trinajstić information content (AvgIpc) is 2.74. The number of carbonyl (C=O) groups excluding carboxylic acids is 1. The molecule has 1 atom stereocenters. The van der Waals surface area contributed by atoms with Gasteiger partial charge in [-0.15, -0.1) is 0 Å². The molecule has 1 saturated heterocycles. The highest BCUT2D eigenvalue weighted by Crippen LogP contribution is 2.29. The molecule has 2 heterocycles. The minimum absolute atomic E-state index is 0.0764. The van der Waals surface area contributed by atoms with Crippen molar-refractivity contribution in [3.8, 4) is 6.07 Å². The van der Waals surface area contributed by atoms with E-state index in [1.54, 1.807) is 0 Å². The summed E-state index contributed by atoms with van der Waals surface area (Å²) in [6, 6.07) is 18.2. The van der Waals surface area contributed by atoms with Gasteiger partial charge in [-0.25, -0.2) is 4.79 Å². The van der Waals surface area contributed by atoms with Crippen molar-refractivity contribution in [3.63, 3.8) is 0 Å². The van der Waals surface area contributed by atoms with Crippen LogP contribution in [0.4, 0.5) is 10.5 Å². The quantitative estimate of drug-likeness (QED) is 0.865. The molecule has 0 unspecified atom stereocenters. The first-order chi connectivity index (χ1) is 14.2. The fourth-order valence-electron chi connectivity index (χ4n) is 4.02. The van der Waals surface area contributed by atoms with Crippen molar-refractivity contribution >= 4 is 11.8 Å². The number of ether oxygens (including phenoxy) is 2. The van der Waals surface area contributed by atoms with Crippen LogP contribution in [-0.4, -0.2) is 38.0 Å². The molecule has 4 rings (SSSR count). The topological polar surface area (TPSA) is 74.6 Å². The number of fused-ring (bicyclic) bond motifs is 1. The lowest BCUT2D eigenvalue weighted by atomic mass is 9.95.